The fourth-order valence-corrected chi connectivity index (χ4v) is 2.68. The fraction of sp³-hybridized carbons (Fsp3) is 0.462. The molecule has 1 aliphatic carbocycles. The van der Waals surface area contributed by atoms with Crippen molar-refractivity contribution in [2.45, 2.75) is 31.3 Å². The Bertz CT molecular complexity index is 452. The van der Waals surface area contributed by atoms with Crippen LogP contribution in [0.1, 0.15) is 36.0 Å². The first-order valence-corrected chi connectivity index (χ1v) is 6.96. The van der Waals surface area contributed by atoms with Crippen LogP contribution in [0.2, 0.25) is 0 Å². The highest BCUT2D eigenvalue weighted by Crippen LogP contribution is 2.31. The first-order chi connectivity index (χ1) is 8.50. The third kappa shape index (κ3) is 3.14. The maximum atomic E-state index is 11.1. The van der Waals surface area contributed by atoms with Gasteiger partial charge in [0.25, 0.3) is 0 Å². The molecule has 98 valence electrons. The highest BCUT2D eigenvalue weighted by atomic mass is 127. The second-order valence-corrected chi connectivity index (χ2v) is 5.91. The first kappa shape index (κ1) is 13.6. The highest BCUT2D eigenvalue weighted by Gasteiger charge is 2.32. The number of hydrogen-bond donors (Lipinski definition) is 2. The molecule has 1 aliphatic rings. The molecule has 1 aromatic rings. The zero-order valence-electron chi connectivity index (χ0n) is 9.86. The lowest BCUT2D eigenvalue weighted by molar-refractivity contribution is 0.000900. The van der Waals surface area contributed by atoms with Gasteiger partial charge in [0.15, 0.2) is 0 Å². The molecule has 18 heavy (non-hydrogen) atoms. The van der Waals surface area contributed by atoms with Crippen molar-refractivity contribution in [3.63, 3.8) is 0 Å². The lowest BCUT2D eigenvalue weighted by atomic mass is 10.0. The van der Waals surface area contributed by atoms with Gasteiger partial charge in [0, 0.05) is 3.57 Å². The van der Waals surface area contributed by atoms with Crippen LogP contribution in [-0.4, -0.2) is 28.4 Å². The Hall–Kier alpha value is -0.820. The van der Waals surface area contributed by atoms with Crippen LogP contribution in [0.3, 0.4) is 0 Å². The molecule has 0 atom stereocenters. The van der Waals surface area contributed by atoms with Gasteiger partial charge in [0.05, 0.1) is 5.60 Å². The van der Waals surface area contributed by atoms with Crippen molar-refractivity contribution in [1.82, 2.24) is 0 Å². The Kier molecular flexibility index (Phi) is 4.11. The van der Waals surface area contributed by atoms with E-state index in [9.17, 15) is 9.90 Å². The summed E-state index contributed by atoms with van der Waals surface area (Å²) in [5.41, 5.74) is -0.651. The van der Waals surface area contributed by atoms with E-state index < -0.39 is 11.6 Å². The van der Waals surface area contributed by atoms with Crippen LogP contribution in [0.4, 0.5) is 0 Å². The summed E-state index contributed by atoms with van der Waals surface area (Å²) in [4.78, 5) is 11.1. The van der Waals surface area contributed by atoms with Crippen LogP contribution >= 0.6 is 22.6 Å². The maximum absolute atomic E-state index is 11.1. The summed E-state index contributed by atoms with van der Waals surface area (Å²) < 4.78 is 6.35. The Morgan fingerprint density at radius 2 is 2.06 bits per heavy atom. The topological polar surface area (TPSA) is 66.8 Å². The van der Waals surface area contributed by atoms with Crippen LogP contribution in [0.25, 0.3) is 0 Å². The van der Waals surface area contributed by atoms with Crippen LogP contribution < -0.4 is 4.74 Å². The van der Waals surface area contributed by atoms with E-state index in [0.717, 1.165) is 29.3 Å². The number of benzene rings is 1. The van der Waals surface area contributed by atoms with E-state index in [4.69, 9.17) is 9.84 Å². The minimum Gasteiger partial charge on any atom is -0.490 e. The van der Waals surface area contributed by atoms with Crippen molar-refractivity contribution in [1.29, 1.82) is 0 Å². The van der Waals surface area contributed by atoms with Crippen molar-refractivity contribution in [2.24, 2.45) is 0 Å². The zero-order chi connectivity index (χ0) is 13.2. The van der Waals surface area contributed by atoms with Crippen molar-refractivity contribution in [3.05, 3.63) is 27.3 Å². The molecule has 0 spiro atoms. The number of rotatable bonds is 4. The van der Waals surface area contributed by atoms with Crippen LogP contribution in [0.5, 0.6) is 5.75 Å². The van der Waals surface area contributed by atoms with E-state index in [1.165, 1.54) is 0 Å². The normalized spacial score (nSPS) is 17.7. The molecule has 0 aromatic heterocycles. The van der Waals surface area contributed by atoms with Crippen LogP contribution in [0, 0.1) is 3.57 Å². The quantitative estimate of drug-likeness (QED) is 0.809. The van der Waals surface area contributed by atoms with Gasteiger partial charge < -0.3 is 14.9 Å². The third-order valence-electron chi connectivity index (χ3n) is 3.20. The molecule has 0 radical (unpaired) electrons. The Balaban J connectivity index is 2.11. The molecule has 0 saturated heterocycles. The molecule has 0 aliphatic heterocycles. The molecule has 1 saturated carbocycles. The Labute approximate surface area is 119 Å². The van der Waals surface area contributed by atoms with Crippen molar-refractivity contribution >= 4 is 28.6 Å². The van der Waals surface area contributed by atoms with Crippen molar-refractivity contribution in [3.8, 4) is 5.75 Å². The number of hydrogen-bond acceptors (Lipinski definition) is 3. The molecule has 1 aromatic carbocycles. The number of aliphatic hydroxyl groups is 1. The summed E-state index contributed by atoms with van der Waals surface area (Å²) in [5, 5.41) is 19.3. The molecule has 1 fully saturated rings. The molecule has 0 heterocycles. The molecular formula is C13H15IO4. The SMILES string of the molecule is O=C(O)c1cc(I)ccc1OCC1(O)CCCC1. The van der Waals surface area contributed by atoms with Gasteiger partial charge in [-0.15, -0.1) is 0 Å². The summed E-state index contributed by atoms with van der Waals surface area (Å²) in [6, 6.07) is 5.00. The molecule has 2 rings (SSSR count). The van der Waals surface area contributed by atoms with E-state index in [2.05, 4.69) is 22.6 Å². The van der Waals surface area contributed by atoms with Gasteiger partial charge in [-0.2, -0.15) is 0 Å². The predicted molar refractivity (Wildman–Crippen MR) is 75.0 cm³/mol. The van der Waals surface area contributed by atoms with Gasteiger partial charge in [-0.1, -0.05) is 12.8 Å². The second-order valence-electron chi connectivity index (χ2n) is 4.67. The summed E-state index contributed by atoms with van der Waals surface area (Å²) in [6.07, 6.45) is 3.44. The number of carbonyl (C=O) groups is 1. The first-order valence-electron chi connectivity index (χ1n) is 5.88. The molecule has 2 N–H and O–H groups in total. The molecule has 0 amide bonds. The summed E-state index contributed by atoms with van der Waals surface area (Å²) >= 11 is 2.06. The Morgan fingerprint density at radius 3 is 2.67 bits per heavy atom. The molecule has 5 heteroatoms. The lowest BCUT2D eigenvalue weighted by Gasteiger charge is -2.22. The fourth-order valence-electron chi connectivity index (χ4n) is 2.18. The molecular weight excluding hydrogens is 347 g/mol. The lowest BCUT2D eigenvalue weighted by Crippen LogP contribution is -2.32. The maximum Gasteiger partial charge on any atom is 0.339 e. The standard InChI is InChI=1S/C13H15IO4/c14-9-3-4-11(10(7-9)12(15)16)18-8-13(17)5-1-2-6-13/h3-4,7,17H,1-2,5-6,8H2,(H,15,16). The van der Waals surface area contributed by atoms with E-state index in [0.29, 0.717) is 5.75 Å². The van der Waals surface area contributed by atoms with Gasteiger partial charge in [-0.05, 0) is 53.6 Å². The average molecular weight is 362 g/mol. The van der Waals surface area contributed by atoms with Gasteiger partial charge in [-0.3, -0.25) is 0 Å². The van der Waals surface area contributed by atoms with Crippen LogP contribution in [-0.2, 0) is 0 Å². The summed E-state index contributed by atoms with van der Waals surface area (Å²) in [5.74, 6) is -0.690. The Morgan fingerprint density at radius 1 is 1.39 bits per heavy atom. The highest BCUT2D eigenvalue weighted by molar-refractivity contribution is 14.1. The van der Waals surface area contributed by atoms with Crippen LogP contribution in [0.15, 0.2) is 18.2 Å². The summed E-state index contributed by atoms with van der Waals surface area (Å²) in [7, 11) is 0. The van der Waals surface area contributed by atoms with Gasteiger partial charge in [-0.25, -0.2) is 4.79 Å². The third-order valence-corrected chi connectivity index (χ3v) is 3.87. The molecule has 0 bridgehead atoms. The average Bonchev–Trinajstić information content (AvgIpc) is 2.75. The predicted octanol–water partition coefficient (Wildman–Crippen LogP) is 2.67. The van der Waals surface area contributed by atoms with E-state index in [1.54, 1.807) is 18.2 Å². The van der Waals surface area contributed by atoms with Gasteiger partial charge in [0.2, 0.25) is 0 Å². The van der Waals surface area contributed by atoms with Crippen molar-refractivity contribution < 1.29 is 19.7 Å². The van der Waals surface area contributed by atoms with Gasteiger partial charge in [0.1, 0.15) is 17.9 Å². The molecule has 0 unspecified atom stereocenters. The van der Waals surface area contributed by atoms with Gasteiger partial charge >= 0.3 is 5.97 Å². The largest absolute Gasteiger partial charge is 0.490 e. The van der Waals surface area contributed by atoms with E-state index in [-0.39, 0.29) is 12.2 Å². The number of halogens is 1. The number of aromatic carboxylic acids is 1. The molecule has 4 nitrogen and oxygen atoms in total. The second kappa shape index (κ2) is 5.44. The van der Waals surface area contributed by atoms with Crippen molar-refractivity contribution in [2.75, 3.05) is 6.61 Å². The number of carboxylic acid groups (broad SMARTS) is 1. The smallest absolute Gasteiger partial charge is 0.339 e. The summed E-state index contributed by atoms with van der Waals surface area (Å²) in [6.45, 7) is 0.161. The van der Waals surface area contributed by atoms with E-state index >= 15 is 0 Å². The minimum absolute atomic E-state index is 0.142. The number of ether oxygens (including phenoxy) is 1. The number of carboxylic acids is 1. The monoisotopic (exact) mass is 362 g/mol. The van der Waals surface area contributed by atoms with E-state index in [1.807, 2.05) is 0 Å². The minimum atomic E-state index is -1.01. The zero-order valence-corrected chi connectivity index (χ0v) is 12.0.